The van der Waals surface area contributed by atoms with Gasteiger partial charge in [0.1, 0.15) is 0 Å². The Morgan fingerprint density at radius 3 is 2.48 bits per heavy atom. The van der Waals surface area contributed by atoms with E-state index in [9.17, 15) is 22.8 Å². The van der Waals surface area contributed by atoms with Crippen molar-refractivity contribution in [2.24, 2.45) is 0 Å². The van der Waals surface area contributed by atoms with E-state index in [0.717, 1.165) is 0 Å². The summed E-state index contributed by atoms with van der Waals surface area (Å²) in [5.41, 5.74) is 0.470. The topological polar surface area (TPSA) is 131 Å². The van der Waals surface area contributed by atoms with E-state index in [-0.39, 0.29) is 29.6 Å². The van der Waals surface area contributed by atoms with Crippen LogP contribution in [0.15, 0.2) is 23.1 Å². The van der Waals surface area contributed by atoms with E-state index in [1.54, 1.807) is 20.8 Å². The van der Waals surface area contributed by atoms with Crippen molar-refractivity contribution >= 4 is 27.9 Å². The highest BCUT2D eigenvalue weighted by Crippen LogP contribution is 2.22. The van der Waals surface area contributed by atoms with Crippen molar-refractivity contribution < 1.29 is 32.3 Å². The minimum atomic E-state index is -3.79. The summed E-state index contributed by atoms with van der Waals surface area (Å²) in [4.78, 5) is 35.4. The molecule has 1 saturated heterocycles. The zero-order valence-electron chi connectivity index (χ0n) is 16.6. The van der Waals surface area contributed by atoms with Gasteiger partial charge in [0.25, 0.3) is 5.91 Å². The minimum Gasteiger partial charge on any atom is -0.452 e. The molecule has 1 heterocycles. The molecule has 11 heteroatoms. The van der Waals surface area contributed by atoms with Crippen LogP contribution in [0.4, 0.5) is 4.79 Å². The summed E-state index contributed by atoms with van der Waals surface area (Å²) < 4.78 is 37.1. The summed E-state index contributed by atoms with van der Waals surface area (Å²) >= 11 is 0. The first-order chi connectivity index (χ1) is 13.6. The van der Waals surface area contributed by atoms with Crippen LogP contribution in [0.3, 0.4) is 0 Å². The van der Waals surface area contributed by atoms with E-state index in [2.05, 4.69) is 5.32 Å². The third-order valence-electron chi connectivity index (χ3n) is 4.02. The zero-order chi connectivity index (χ0) is 21.6. The monoisotopic (exact) mass is 427 g/mol. The number of nitrogens with one attached hydrogen (secondary N) is 2. The van der Waals surface area contributed by atoms with Gasteiger partial charge in [0.05, 0.1) is 23.7 Å². The van der Waals surface area contributed by atoms with E-state index >= 15 is 0 Å². The molecule has 0 atom stereocenters. The van der Waals surface area contributed by atoms with Crippen LogP contribution in [0, 0.1) is 6.92 Å². The molecule has 0 unspecified atom stereocenters. The highest BCUT2D eigenvalue weighted by atomic mass is 32.2. The van der Waals surface area contributed by atoms with Crippen LogP contribution in [0.25, 0.3) is 0 Å². The van der Waals surface area contributed by atoms with Crippen LogP contribution in [0.5, 0.6) is 0 Å². The average molecular weight is 427 g/mol. The van der Waals surface area contributed by atoms with Gasteiger partial charge in [-0.15, -0.1) is 0 Å². The van der Waals surface area contributed by atoms with Gasteiger partial charge in [0, 0.05) is 19.1 Å². The summed E-state index contributed by atoms with van der Waals surface area (Å²) in [6.45, 7) is 5.48. The Morgan fingerprint density at radius 2 is 1.86 bits per heavy atom. The van der Waals surface area contributed by atoms with Crippen molar-refractivity contribution in [2.75, 3.05) is 32.9 Å². The normalized spacial score (nSPS) is 15.0. The fourth-order valence-electron chi connectivity index (χ4n) is 2.61. The molecule has 0 radical (unpaired) electrons. The number of benzene rings is 1. The van der Waals surface area contributed by atoms with Gasteiger partial charge in [0.15, 0.2) is 6.61 Å². The maximum Gasteiger partial charge on any atom is 0.338 e. The van der Waals surface area contributed by atoms with Crippen molar-refractivity contribution in [1.82, 2.24) is 14.9 Å². The van der Waals surface area contributed by atoms with E-state index < -0.39 is 34.5 Å². The number of hydrogen-bond donors (Lipinski definition) is 2. The molecule has 10 nitrogen and oxygen atoms in total. The van der Waals surface area contributed by atoms with E-state index in [1.165, 1.54) is 22.5 Å². The second-order valence-corrected chi connectivity index (χ2v) is 8.66. The summed E-state index contributed by atoms with van der Waals surface area (Å²) in [7, 11) is -3.79. The van der Waals surface area contributed by atoms with Crippen LogP contribution in [0.2, 0.25) is 0 Å². The summed E-state index contributed by atoms with van der Waals surface area (Å²) in [6, 6.07) is 3.28. The number of esters is 1. The van der Waals surface area contributed by atoms with Gasteiger partial charge in [-0.1, -0.05) is 6.07 Å². The van der Waals surface area contributed by atoms with Gasteiger partial charge < -0.3 is 14.8 Å². The predicted molar refractivity (Wildman–Crippen MR) is 103 cm³/mol. The lowest BCUT2D eigenvalue weighted by molar-refractivity contribution is -0.123. The van der Waals surface area contributed by atoms with Crippen LogP contribution in [-0.2, 0) is 24.3 Å². The lowest BCUT2D eigenvalue weighted by atomic mass is 10.1. The van der Waals surface area contributed by atoms with Crippen LogP contribution in [-0.4, -0.2) is 69.6 Å². The van der Waals surface area contributed by atoms with Gasteiger partial charge in [-0.05, 0) is 38.5 Å². The summed E-state index contributed by atoms with van der Waals surface area (Å²) in [5, 5.41) is 4.49. The molecule has 1 aromatic rings. The molecular formula is C18H25N3O7S. The van der Waals surface area contributed by atoms with Gasteiger partial charge in [0.2, 0.25) is 10.0 Å². The molecule has 0 bridgehead atoms. The van der Waals surface area contributed by atoms with Crippen molar-refractivity contribution in [2.45, 2.75) is 31.7 Å². The molecule has 160 valence electrons. The maximum absolute atomic E-state index is 12.9. The maximum atomic E-state index is 12.9. The molecule has 1 aliphatic rings. The van der Waals surface area contributed by atoms with Gasteiger partial charge in [-0.3, -0.25) is 10.1 Å². The van der Waals surface area contributed by atoms with Crippen molar-refractivity contribution in [3.05, 3.63) is 29.3 Å². The zero-order valence-corrected chi connectivity index (χ0v) is 17.4. The molecule has 2 rings (SSSR count). The molecule has 0 aliphatic carbocycles. The Labute approximate surface area is 169 Å². The standard InChI is InChI=1S/C18H25N3O7S/c1-12(2)19-18(24)20-16(22)11-28-17(23)14-5-4-13(3)15(10-14)29(25,26)21-6-8-27-9-7-21/h4-5,10,12H,6-9,11H2,1-3H3,(H2,19,20,22,24). The fraction of sp³-hybridized carbons (Fsp3) is 0.500. The van der Waals surface area contributed by atoms with Gasteiger partial charge in [-0.2, -0.15) is 4.31 Å². The molecule has 2 N–H and O–H groups in total. The van der Waals surface area contributed by atoms with E-state index in [4.69, 9.17) is 9.47 Å². The molecule has 1 aromatic carbocycles. The molecule has 29 heavy (non-hydrogen) atoms. The first kappa shape index (κ1) is 22.8. The quantitative estimate of drug-likeness (QED) is 0.629. The highest BCUT2D eigenvalue weighted by Gasteiger charge is 2.28. The van der Waals surface area contributed by atoms with Gasteiger partial charge in [-0.25, -0.2) is 18.0 Å². The molecule has 3 amide bonds. The number of nitrogens with zero attached hydrogens (tertiary/aromatic N) is 1. The Morgan fingerprint density at radius 1 is 1.21 bits per heavy atom. The number of ether oxygens (including phenoxy) is 2. The molecule has 1 fully saturated rings. The first-order valence-corrected chi connectivity index (χ1v) is 10.5. The van der Waals surface area contributed by atoms with Crippen LogP contribution >= 0.6 is 0 Å². The number of urea groups is 1. The average Bonchev–Trinajstić information content (AvgIpc) is 2.66. The Bertz CT molecular complexity index is 877. The van der Waals surface area contributed by atoms with Crippen LogP contribution in [0.1, 0.15) is 29.8 Å². The largest absolute Gasteiger partial charge is 0.452 e. The number of hydrogen-bond acceptors (Lipinski definition) is 7. The van der Waals surface area contributed by atoms with Crippen molar-refractivity contribution in [1.29, 1.82) is 0 Å². The van der Waals surface area contributed by atoms with Crippen molar-refractivity contribution in [3.63, 3.8) is 0 Å². The lowest BCUT2D eigenvalue weighted by Crippen LogP contribution is -2.44. The number of morpholine rings is 1. The first-order valence-electron chi connectivity index (χ1n) is 9.07. The molecule has 0 saturated carbocycles. The molecule has 0 aromatic heterocycles. The second-order valence-electron chi connectivity index (χ2n) is 6.75. The molecule has 0 spiro atoms. The molecular weight excluding hydrogens is 402 g/mol. The third kappa shape index (κ3) is 6.24. The summed E-state index contributed by atoms with van der Waals surface area (Å²) in [5.74, 6) is -1.67. The molecule has 1 aliphatic heterocycles. The summed E-state index contributed by atoms with van der Waals surface area (Å²) in [6.07, 6.45) is 0. The Balaban J connectivity index is 2.05. The third-order valence-corrected chi connectivity index (χ3v) is 6.06. The van der Waals surface area contributed by atoms with Crippen LogP contribution < -0.4 is 10.6 Å². The SMILES string of the molecule is Cc1ccc(C(=O)OCC(=O)NC(=O)NC(C)C)cc1S(=O)(=O)N1CCOCC1. The number of imide groups is 1. The predicted octanol–water partition coefficient (Wildman–Crippen LogP) is 0.407. The number of carbonyl (C=O) groups excluding carboxylic acids is 3. The number of aryl methyl sites for hydroxylation is 1. The number of sulfonamides is 1. The lowest BCUT2D eigenvalue weighted by Gasteiger charge is -2.26. The van der Waals surface area contributed by atoms with E-state index in [0.29, 0.717) is 18.8 Å². The Hall–Kier alpha value is -2.50. The highest BCUT2D eigenvalue weighted by molar-refractivity contribution is 7.89. The van der Waals surface area contributed by atoms with Crippen molar-refractivity contribution in [3.8, 4) is 0 Å². The number of carbonyl (C=O) groups is 3. The minimum absolute atomic E-state index is 0.00499. The van der Waals surface area contributed by atoms with E-state index in [1.807, 2.05) is 5.32 Å². The Kier molecular flexibility index (Phi) is 7.71. The number of amides is 3. The fourth-order valence-corrected chi connectivity index (χ4v) is 4.27. The number of rotatable bonds is 6. The van der Waals surface area contributed by atoms with Gasteiger partial charge >= 0.3 is 12.0 Å². The smallest absolute Gasteiger partial charge is 0.338 e. The second kappa shape index (κ2) is 9.81.